The first-order valence-electron chi connectivity index (χ1n) is 8.34. The standard InChI is InChI=1S/C20H34O/c1-15-13-16(11-9-8-10-12-19(2,3)4)18(21)17(14-15)20(5,6)7/h13-14,21H,8-12H2,1-7H3. The molecule has 0 heterocycles. The molecule has 0 fully saturated rings. The highest BCUT2D eigenvalue weighted by Gasteiger charge is 2.20. The third-order valence-electron chi connectivity index (χ3n) is 4.01. The molecule has 1 heteroatoms. The second-order valence-corrected chi connectivity index (χ2v) is 8.69. The zero-order valence-electron chi connectivity index (χ0n) is 15.1. The Balaban J connectivity index is 2.66. The van der Waals surface area contributed by atoms with E-state index < -0.39 is 0 Å². The fraction of sp³-hybridized carbons (Fsp3) is 0.700. The molecule has 0 amide bonds. The molecule has 1 rings (SSSR count). The van der Waals surface area contributed by atoms with E-state index in [1.54, 1.807) is 0 Å². The van der Waals surface area contributed by atoms with Crippen molar-refractivity contribution < 1.29 is 5.11 Å². The molecule has 120 valence electrons. The zero-order valence-corrected chi connectivity index (χ0v) is 15.1. The number of hydrogen-bond donors (Lipinski definition) is 1. The van der Waals surface area contributed by atoms with Crippen LogP contribution in [0.25, 0.3) is 0 Å². The van der Waals surface area contributed by atoms with Crippen molar-refractivity contribution in [2.75, 3.05) is 0 Å². The summed E-state index contributed by atoms with van der Waals surface area (Å²) in [6.45, 7) is 15.5. The van der Waals surface area contributed by atoms with E-state index in [1.165, 1.54) is 24.8 Å². The smallest absolute Gasteiger partial charge is 0.122 e. The van der Waals surface area contributed by atoms with Crippen LogP contribution in [0.15, 0.2) is 12.1 Å². The van der Waals surface area contributed by atoms with Gasteiger partial charge in [0.25, 0.3) is 0 Å². The number of hydrogen-bond acceptors (Lipinski definition) is 1. The molecule has 0 atom stereocenters. The normalized spacial score (nSPS) is 12.7. The van der Waals surface area contributed by atoms with E-state index in [1.807, 2.05) is 0 Å². The van der Waals surface area contributed by atoms with Gasteiger partial charge in [-0.05, 0) is 48.1 Å². The van der Waals surface area contributed by atoms with Crippen LogP contribution in [0.5, 0.6) is 5.75 Å². The molecule has 0 aliphatic rings. The van der Waals surface area contributed by atoms with Gasteiger partial charge >= 0.3 is 0 Å². The summed E-state index contributed by atoms with van der Waals surface area (Å²) in [7, 11) is 0. The van der Waals surface area contributed by atoms with Gasteiger partial charge in [-0.2, -0.15) is 0 Å². The fourth-order valence-corrected chi connectivity index (χ4v) is 2.76. The largest absolute Gasteiger partial charge is 0.507 e. The number of aromatic hydroxyl groups is 1. The van der Waals surface area contributed by atoms with Crippen molar-refractivity contribution in [1.29, 1.82) is 0 Å². The lowest BCUT2D eigenvalue weighted by molar-refractivity contribution is 0.357. The number of phenolic OH excluding ortho intramolecular Hbond substituents is 1. The third kappa shape index (κ3) is 6.11. The second kappa shape index (κ2) is 6.85. The Morgan fingerprint density at radius 2 is 1.52 bits per heavy atom. The quantitative estimate of drug-likeness (QED) is 0.645. The van der Waals surface area contributed by atoms with Gasteiger partial charge in [0.05, 0.1) is 0 Å². The van der Waals surface area contributed by atoms with Gasteiger partial charge in [-0.25, -0.2) is 0 Å². The van der Waals surface area contributed by atoms with Gasteiger partial charge in [0, 0.05) is 0 Å². The number of aryl methyl sites for hydroxylation is 2. The summed E-state index contributed by atoms with van der Waals surface area (Å²) < 4.78 is 0. The molecule has 0 aliphatic carbocycles. The summed E-state index contributed by atoms with van der Waals surface area (Å²) in [5, 5.41) is 10.5. The van der Waals surface area contributed by atoms with Crippen molar-refractivity contribution in [2.24, 2.45) is 5.41 Å². The van der Waals surface area contributed by atoms with Crippen molar-refractivity contribution >= 4 is 0 Å². The second-order valence-electron chi connectivity index (χ2n) is 8.69. The summed E-state index contributed by atoms with van der Waals surface area (Å²) in [6.07, 6.45) is 5.95. The topological polar surface area (TPSA) is 20.2 Å². The summed E-state index contributed by atoms with van der Waals surface area (Å²) in [6, 6.07) is 4.27. The maximum absolute atomic E-state index is 10.5. The molecule has 0 aliphatic heterocycles. The molecule has 1 aromatic rings. The van der Waals surface area contributed by atoms with E-state index in [2.05, 4.69) is 60.6 Å². The van der Waals surface area contributed by atoms with E-state index in [0.717, 1.165) is 24.0 Å². The van der Waals surface area contributed by atoms with Crippen LogP contribution in [0.2, 0.25) is 0 Å². The van der Waals surface area contributed by atoms with Gasteiger partial charge in [0.2, 0.25) is 0 Å². The molecule has 0 radical (unpaired) electrons. The minimum Gasteiger partial charge on any atom is -0.507 e. The van der Waals surface area contributed by atoms with Crippen molar-refractivity contribution in [1.82, 2.24) is 0 Å². The monoisotopic (exact) mass is 290 g/mol. The van der Waals surface area contributed by atoms with E-state index in [0.29, 0.717) is 11.2 Å². The fourth-order valence-electron chi connectivity index (χ4n) is 2.76. The van der Waals surface area contributed by atoms with Crippen molar-refractivity contribution in [3.05, 3.63) is 28.8 Å². The van der Waals surface area contributed by atoms with Gasteiger partial charge in [-0.3, -0.25) is 0 Å². The van der Waals surface area contributed by atoms with Crippen LogP contribution in [-0.2, 0) is 11.8 Å². The average Bonchev–Trinajstić information content (AvgIpc) is 2.29. The van der Waals surface area contributed by atoms with Gasteiger partial charge in [0.1, 0.15) is 5.75 Å². The van der Waals surface area contributed by atoms with E-state index >= 15 is 0 Å². The Morgan fingerprint density at radius 1 is 0.905 bits per heavy atom. The molecular formula is C20H34O. The molecule has 0 bridgehead atoms. The Bertz CT molecular complexity index is 458. The van der Waals surface area contributed by atoms with E-state index in [9.17, 15) is 5.11 Å². The maximum atomic E-state index is 10.5. The molecule has 0 spiro atoms. The predicted octanol–water partition coefficient (Wildman–Crippen LogP) is 6.15. The predicted molar refractivity (Wildman–Crippen MR) is 93.2 cm³/mol. The van der Waals surface area contributed by atoms with Gasteiger partial charge in [-0.15, -0.1) is 0 Å². The average molecular weight is 290 g/mol. The first-order valence-corrected chi connectivity index (χ1v) is 8.34. The van der Waals surface area contributed by atoms with Gasteiger partial charge < -0.3 is 5.11 Å². The highest BCUT2D eigenvalue weighted by molar-refractivity contribution is 5.46. The molecule has 0 saturated heterocycles. The minimum atomic E-state index is -0.00289. The minimum absolute atomic E-state index is 0.00289. The summed E-state index contributed by atoms with van der Waals surface area (Å²) in [5.74, 6) is 0.518. The van der Waals surface area contributed by atoms with Crippen LogP contribution in [0, 0.1) is 12.3 Å². The Kier molecular flexibility index (Phi) is 5.90. The molecule has 0 unspecified atom stereocenters. The lowest BCUT2D eigenvalue weighted by Gasteiger charge is -2.23. The molecule has 0 aromatic heterocycles. The number of benzene rings is 1. The number of phenols is 1. The lowest BCUT2D eigenvalue weighted by atomic mass is 9.83. The molecule has 21 heavy (non-hydrogen) atoms. The van der Waals surface area contributed by atoms with Crippen LogP contribution in [0.1, 0.15) is 83.9 Å². The van der Waals surface area contributed by atoms with Gasteiger partial charge in [-0.1, -0.05) is 72.1 Å². The summed E-state index contributed by atoms with van der Waals surface area (Å²) in [5.41, 5.74) is 3.88. The number of rotatable bonds is 5. The van der Waals surface area contributed by atoms with Crippen LogP contribution < -0.4 is 0 Å². The van der Waals surface area contributed by atoms with E-state index in [-0.39, 0.29) is 5.41 Å². The number of unbranched alkanes of at least 4 members (excludes halogenated alkanes) is 2. The summed E-state index contributed by atoms with van der Waals surface area (Å²) in [4.78, 5) is 0. The lowest BCUT2D eigenvalue weighted by Crippen LogP contribution is -2.12. The van der Waals surface area contributed by atoms with Crippen molar-refractivity contribution in [2.45, 2.75) is 86.0 Å². The first kappa shape index (κ1) is 18.1. The Hall–Kier alpha value is -0.980. The SMILES string of the molecule is Cc1cc(CCCCCC(C)(C)C)c(O)c(C(C)(C)C)c1. The maximum Gasteiger partial charge on any atom is 0.122 e. The van der Waals surface area contributed by atoms with Crippen molar-refractivity contribution in [3.8, 4) is 5.75 Å². The highest BCUT2D eigenvalue weighted by Crippen LogP contribution is 2.35. The van der Waals surface area contributed by atoms with Crippen LogP contribution in [-0.4, -0.2) is 5.11 Å². The molecule has 1 nitrogen and oxygen atoms in total. The van der Waals surface area contributed by atoms with Gasteiger partial charge in [0.15, 0.2) is 0 Å². The van der Waals surface area contributed by atoms with Crippen LogP contribution >= 0.6 is 0 Å². The Labute approximate surface area is 131 Å². The van der Waals surface area contributed by atoms with E-state index in [4.69, 9.17) is 0 Å². The molecule has 1 N–H and O–H groups in total. The van der Waals surface area contributed by atoms with Crippen LogP contribution in [0.3, 0.4) is 0 Å². The first-order chi connectivity index (χ1) is 9.50. The Morgan fingerprint density at radius 3 is 2.05 bits per heavy atom. The highest BCUT2D eigenvalue weighted by atomic mass is 16.3. The van der Waals surface area contributed by atoms with Crippen molar-refractivity contribution in [3.63, 3.8) is 0 Å². The zero-order chi connectivity index (χ0) is 16.3. The summed E-state index contributed by atoms with van der Waals surface area (Å²) >= 11 is 0. The molecule has 0 saturated carbocycles. The third-order valence-corrected chi connectivity index (χ3v) is 4.01. The molecule has 1 aromatic carbocycles. The van der Waals surface area contributed by atoms with Crippen LogP contribution in [0.4, 0.5) is 0 Å². The molecular weight excluding hydrogens is 256 g/mol.